The summed E-state index contributed by atoms with van der Waals surface area (Å²) in [4.78, 5) is 26.6. The van der Waals surface area contributed by atoms with Gasteiger partial charge in [-0.25, -0.2) is 4.79 Å². The molecule has 108 valence electrons. The van der Waals surface area contributed by atoms with Gasteiger partial charge in [0.2, 0.25) is 0 Å². The number of carboxylic acid groups (broad SMARTS) is 1. The first-order chi connectivity index (χ1) is 8.99. The van der Waals surface area contributed by atoms with Gasteiger partial charge >= 0.3 is 12.0 Å². The smallest absolute Gasteiger partial charge is 0.323 e. The third kappa shape index (κ3) is 3.61. The summed E-state index contributed by atoms with van der Waals surface area (Å²) in [5, 5.41) is 8.93. The van der Waals surface area contributed by atoms with Gasteiger partial charge < -0.3 is 14.9 Å². The summed E-state index contributed by atoms with van der Waals surface area (Å²) >= 11 is 0. The van der Waals surface area contributed by atoms with Gasteiger partial charge in [0.1, 0.15) is 6.54 Å². The number of carbonyl (C=O) groups is 2. The van der Waals surface area contributed by atoms with E-state index in [0.29, 0.717) is 5.92 Å². The monoisotopic (exact) mass is 268 g/mol. The predicted octanol–water partition coefficient (Wildman–Crippen LogP) is 2.17. The molecule has 2 aliphatic carbocycles. The number of urea groups is 1. The van der Waals surface area contributed by atoms with E-state index in [1.54, 1.807) is 4.90 Å². The Morgan fingerprint density at radius 3 is 2.37 bits per heavy atom. The van der Waals surface area contributed by atoms with Gasteiger partial charge in [0.15, 0.2) is 0 Å². The van der Waals surface area contributed by atoms with Gasteiger partial charge in [0.25, 0.3) is 0 Å². The lowest BCUT2D eigenvalue weighted by molar-refractivity contribution is -0.137. The van der Waals surface area contributed by atoms with E-state index in [1.807, 2.05) is 7.05 Å². The van der Waals surface area contributed by atoms with Gasteiger partial charge in [-0.3, -0.25) is 4.79 Å². The lowest BCUT2D eigenvalue weighted by Gasteiger charge is -2.37. The summed E-state index contributed by atoms with van der Waals surface area (Å²) in [5.41, 5.74) is 0. The molecule has 19 heavy (non-hydrogen) atoms. The Kier molecular flexibility index (Phi) is 4.32. The maximum Gasteiger partial charge on any atom is 0.323 e. The summed E-state index contributed by atoms with van der Waals surface area (Å²) in [7, 11) is 1.82. The van der Waals surface area contributed by atoms with Crippen molar-refractivity contribution in [2.24, 2.45) is 5.92 Å². The molecule has 0 aromatic heterocycles. The second-order valence-corrected chi connectivity index (χ2v) is 6.07. The van der Waals surface area contributed by atoms with Crippen LogP contribution in [0.1, 0.15) is 45.4 Å². The first kappa shape index (κ1) is 14.2. The maximum atomic E-state index is 12.5. The molecule has 0 aromatic rings. The van der Waals surface area contributed by atoms with Gasteiger partial charge in [0, 0.05) is 19.1 Å². The third-order valence-electron chi connectivity index (χ3n) is 4.30. The first-order valence-corrected chi connectivity index (χ1v) is 7.24. The summed E-state index contributed by atoms with van der Waals surface area (Å²) in [6.45, 7) is 2.05. The minimum absolute atomic E-state index is 0.107. The van der Waals surface area contributed by atoms with Crippen molar-refractivity contribution in [1.82, 2.24) is 9.80 Å². The highest BCUT2D eigenvalue weighted by Gasteiger charge is 2.37. The van der Waals surface area contributed by atoms with Crippen LogP contribution in [0.5, 0.6) is 0 Å². The minimum Gasteiger partial charge on any atom is -0.480 e. The van der Waals surface area contributed by atoms with Crippen molar-refractivity contribution < 1.29 is 14.7 Å². The molecule has 2 fully saturated rings. The highest BCUT2D eigenvalue weighted by molar-refractivity contribution is 5.80. The number of hydrogen-bond donors (Lipinski definition) is 1. The van der Waals surface area contributed by atoms with Crippen LogP contribution in [-0.4, -0.2) is 52.6 Å². The van der Waals surface area contributed by atoms with Crippen LogP contribution >= 0.6 is 0 Å². The molecule has 2 amide bonds. The molecule has 2 atom stereocenters. The molecule has 2 saturated carbocycles. The van der Waals surface area contributed by atoms with Crippen molar-refractivity contribution in [2.45, 2.75) is 57.5 Å². The molecule has 5 nitrogen and oxygen atoms in total. The first-order valence-electron chi connectivity index (χ1n) is 7.24. The molecule has 0 aromatic carbocycles. The molecule has 0 saturated heterocycles. The maximum absolute atomic E-state index is 12.5. The standard InChI is InChI=1S/C14H24N2O3/c1-10-4-3-5-12(8-10)15(2)14(19)16(9-13(17)18)11-6-7-11/h10-12H,3-9H2,1-2H3,(H,17,18). The lowest BCUT2D eigenvalue weighted by atomic mass is 9.86. The van der Waals surface area contributed by atoms with Crippen molar-refractivity contribution >= 4 is 12.0 Å². The third-order valence-corrected chi connectivity index (χ3v) is 4.30. The molecule has 2 unspecified atom stereocenters. The summed E-state index contributed by atoms with van der Waals surface area (Å²) in [6.07, 6.45) is 6.35. The predicted molar refractivity (Wildman–Crippen MR) is 71.9 cm³/mol. The molecule has 5 heteroatoms. The highest BCUT2D eigenvalue weighted by atomic mass is 16.4. The van der Waals surface area contributed by atoms with E-state index in [0.717, 1.165) is 32.1 Å². The molecular formula is C14H24N2O3. The topological polar surface area (TPSA) is 60.9 Å². The fraction of sp³-hybridized carbons (Fsp3) is 0.857. The number of aliphatic carboxylic acids is 1. The molecule has 2 aliphatic rings. The average Bonchev–Trinajstić information content (AvgIpc) is 3.18. The van der Waals surface area contributed by atoms with Crippen molar-refractivity contribution in [3.8, 4) is 0 Å². The number of hydrogen-bond acceptors (Lipinski definition) is 2. The summed E-state index contributed by atoms with van der Waals surface area (Å²) < 4.78 is 0. The van der Waals surface area contributed by atoms with Crippen molar-refractivity contribution in [3.63, 3.8) is 0 Å². The van der Waals surface area contributed by atoms with Gasteiger partial charge in [-0.15, -0.1) is 0 Å². The molecule has 0 bridgehead atoms. The zero-order chi connectivity index (χ0) is 14.0. The fourth-order valence-electron chi connectivity index (χ4n) is 3.00. The normalized spacial score (nSPS) is 26.8. The Bertz CT molecular complexity index is 355. The highest BCUT2D eigenvalue weighted by Crippen LogP contribution is 2.30. The van der Waals surface area contributed by atoms with E-state index < -0.39 is 5.97 Å². The van der Waals surface area contributed by atoms with Crippen LogP contribution in [0.4, 0.5) is 4.79 Å². The van der Waals surface area contributed by atoms with E-state index >= 15 is 0 Å². The second-order valence-electron chi connectivity index (χ2n) is 6.07. The van der Waals surface area contributed by atoms with Crippen LogP contribution in [0.25, 0.3) is 0 Å². The lowest BCUT2D eigenvalue weighted by Crippen LogP contribution is -2.49. The molecule has 0 radical (unpaired) electrons. The van der Waals surface area contributed by atoms with Crippen LogP contribution in [0, 0.1) is 5.92 Å². The number of carboxylic acids is 1. The Morgan fingerprint density at radius 2 is 1.84 bits per heavy atom. The fourth-order valence-corrected chi connectivity index (χ4v) is 3.00. The van der Waals surface area contributed by atoms with Crippen LogP contribution in [0.2, 0.25) is 0 Å². The summed E-state index contributed by atoms with van der Waals surface area (Å²) in [5.74, 6) is -0.270. The Morgan fingerprint density at radius 1 is 1.16 bits per heavy atom. The van der Waals surface area contributed by atoms with Gasteiger partial charge in [-0.1, -0.05) is 19.8 Å². The Labute approximate surface area is 114 Å². The molecule has 1 N–H and O–H groups in total. The van der Waals surface area contributed by atoms with Crippen LogP contribution in [0.3, 0.4) is 0 Å². The second kappa shape index (κ2) is 5.80. The van der Waals surface area contributed by atoms with Gasteiger partial charge in [-0.05, 0) is 31.6 Å². The summed E-state index contributed by atoms with van der Waals surface area (Å²) in [6, 6.07) is 0.308. The van der Waals surface area contributed by atoms with E-state index in [4.69, 9.17) is 5.11 Å². The van der Waals surface area contributed by atoms with E-state index in [1.165, 1.54) is 11.3 Å². The number of carbonyl (C=O) groups excluding carboxylic acids is 1. The van der Waals surface area contributed by atoms with E-state index in [-0.39, 0.29) is 24.7 Å². The molecule has 0 aliphatic heterocycles. The van der Waals surface area contributed by atoms with Crippen LogP contribution in [0.15, 0.2) is 0 Å². The SMILES string of the molecule is CC1CCCC(N(C)C(=O)N(CC(=O)O)C2CC2)C1. The van der Waals surface area contributed by atoms with Gasteiger partial charge in [-0.2, -0.15) is 0 Å². The van der Waals surface area contributed by atoms with E-state index in [2.05, 4.69) is 6.92 Å². The molecule has 2 rings (SSSR count). The Hall–Kier alpha value is -1.26. The number of rotatable bonds is 4. The van der Waals surface area contributed by atoms with Crippen molar-refractivity contribution in [2.75, 3.05) is 13.6 Å². The molecule has 0 heterocycles. The quantitative estimate of drug-likeness (QED) is 0.850. The molecular weight excluding hydrogens is 244 g/mol. The van der Waals surface area contributed by atoms with E-state index in [9.17, 15) is 9.59 Å². The average molecular weight is 268 g/mol. The van der Waals surface area contributed by atoms with Crippen molar-refractivity contribution in [1.29, 1.82) is 0 Å². The van der Waals surface area contributed by atoms with Crippen molar-refractivity contribution in [3.05, 3.63) is 0 Å². The zero-order valence-corrected chi connectivity index (χ0v) is 11.8. The minimum atomic E-state index is -0.925. The van der Waals surface area contributed by atoms with Crippen LogP contribution < -0.4 is 0 Å². The van der Waals surface area contributed by atoms with Gasteiger partial charge in [0.05, 0.1) is 0 Å². The number of amides is 2. The Balaban J connectivity index is 1.97. The molecule has 0 spiro atoms. The number of nitrogens with zero attached hydrogens (tertiary/aromatic N) is 2. The largest absolute Gasteiger partial charge is 0.480 e. The van der Waals surface area contributed by atoms with Crippen LogP contribution in [-0.2, 0) is 4.79 Å². The zero-order valence-electron chi connectivity index (χ0n) is 11.8.